The predicted octanol–water partition coefficient (Wildman–Crippen LogP) is 2.36. The Hall–Kier alpha value is -1.91. The lowest BCUT2D eigenvalue weighted by Crippen LogP contribution is -2.32. The standard InChI is InChI=1S/C14H18N2O3/c1-10-4-5-11(9-15-10)16-12(17)8-14(13(18)19)6-2-3-7-14/h4-5,9H,2-3,6-8H2,1H3,(H,16,17)(H,18,19). The summed E-state index contributed by atoms with van der Waals surface area (Å²) in [4.78, 5) is 27.4. The van der Waals surface area contributed by atoms with Gasteiger partial charge in [-0.1, -0.05) is 12.8 Å². The van der Waals surface area contributed by atoms with Crippen LogP contribution in [-0.4, -0.2) is 22.0 Å². The maximum absolute atomic E-state index is 12.0. The molecule has 19 heavy (non-hydrogen) atoms. The van der Waals surface area contributed by atoms with Crippen LogP contribution < -0.4 is 5.32 Å². The number of aryl methyl sites for hydroxylation is 1. The van der Waals surface area contributed by atoms with E-state index in [9.17, 15) is 14.7 Å². The number of carboxylic acids is 1. The summed E-state index contributed by atoms with van der Waals surface area (Å²) < 4.78 is 0. The van der Waals surface area contributed by atoms with Gasteiger partial charge in [-0.15, -0.1) is 0 Å². The molecule has 2 rings (SSSR count). The Bertz CT molecular complexity index is 476. The first-order valence-corrected chi connectivity index (χ1v) is 6.48. The van der Waals surface area contributed by atoms with Crippen LogP contribution in [0.5, 0.6) is 0 Å². The van der Waals surface area contributed by atoms with Gasteiger partial charge in [0.25, 0.3) is 0 Å². The fraction of sp³-hybridized carbons (Fsp3) is 0.500. The van der Waals surface area contributed by atoms with Crippen molar-refractivity contribution in [2.24, 2.45) is 5.41 Å². The topological polar surface area (TPSA) is 79.3 Å². The Morgan fingerprint density at radius 1 is 1.37 bits per heavy atom. The van der Waals surface area contributed by atoms with Crippen molar-refractivity contribution >= 4 is 17.6 Å². The molecule has 0 saturated heterocycles. The number of hydrogen-bond donors (Lipinski definition) is 2. The third-order valence-corrected chi connectivity index (χ3v) is 3.71. The molecule has 2 N–H and O–H groups in total. The molecule has 0 radical (unpaired) electrons. The second-order valence-corrected chi connectivity index (χ2v) is 5.21. The maximum Gasteiger partial charge on any atom is 0.310 e. The lowest BCUT2D eigenvalue weighted by molar-refractivity contribution is -0.150. The van der Waals surface area contributed by atoms with Gasteiger partial charge in [0.2, 0.25) is 5.91 Å². The zero-order valence-electron chi connectivity index (χ0n) is 11.0. The van der Waals surface area contributed by atoms with Crippen molar-refractivity contribution in [3.63, 3.8) is 0 Å². The van der Waals surface area contributed by atoms with Gasteiger partial charge in [0.1, 0.15) is 0 Å². The van der Waals surface area contributed by atoms with Crippen LogP contribution in [0.15, 0.2) is 18.3 Å². The summed E-state index contributed by atoms with van der Waals surface area (Å²) in [7, 11) is 0. The van der Waals surface area contributed by atoms with Gasteiger partial charge < -0.3 is 10.4 Å². The third-order valence-electron chi connectivity index (χ3n) is 3.71. The molecule has 1 aliphatic rings. The van der Waals surface area contributed by atoms with Crippen molar-refractivity contribution in [2.75, 3.05) is 5.32 Å². The Kier molecular flexibility index (Phi) is 3.83. The molecule has 0 spiro atoms. The highest BCUT2D eigenvalue weighted by Gasteiger charge is 2.42. The molecule has 1 aromatic rings. The molecule has 0 atom stereocenters. The van der Waals surface area contributed by atoms with Gasteiger partial charge in [0.05, 0.1) is 17.3 Å². The molecule has 1 heterocycles. The Morgan fingerprint density at radius 2 is 2.05 bits per heavy atom. The van der Waals surface area contributed by atoms with Crippen LogP contribution in [0, 0.1) is 12.3 Å². The van der Waals surface area contributed by atoms with Crippen LogP contribution in [0.4, 0.5) is 5.69 Å². The summed E-state index contributed by atoms with van der Waals surface area (Å²) in [6.07, 6.45) is 4.55. The predicted molar refractivity (Wildman–Crippen MR) is 70.8 cm³/mol. The van der Waals surface area contributed by atoms with Gasteiger partial charge in [-0.3, -0.25) is 14.6 Å². The molecule has 1 fully saturated rings. The second-order valence-electron chi connectivity index (χ2n) is 5.21. The summed E-state index contributed by atoms with van der Waals surface area (Å²) in [6, 6.07) is 3.57. The molecule has 1 aromatic heterocycles. The maximum atomic E-state index is 12.0. The molecule has 5 nitrogen and oxygen atoms in total. The molecule has 1 aliphatic carbocycles. The lowest BCUT2D eigenvalue weighted by atomic mass is 9.82. The number of amides is 1. The van der Waals surface area contributed by atoms with Crippen molar-refractivity contribution in [3.8, 4) is 0 Å². The van der Waals surface area contributed by atoms with Crippen LogP contribution in [0.25, 0.3) is 0 Å². The molecule has 1 amide bonds. The molecule has 1 saturated carbocycles. The number of hydrogen-bond acceptors (Lipinski definition) is 3. The smallest absolute Gasteiger partial charge is 0.310 e. The first kappa shape index (κ1) is 13.5. The zero-order chi connectivity index (χ0) is 13.9. The van der Waals surface area contributed by atoms with Crippen LogP contribution >= 0.6 is 0 Å². The number of anilines is 1. The fourth-order valence-electron chi connectivity index (χ4n) is 2.57. The number of nitrogens with one attached hydrogen (secondary N) is 1. The molecular formula is C14H18N2O3. The number of aromatic nitrogens is 1. The van der Waals surface area contributed by atoms with Crippen molar-refractivity contribution < 1.29 is 14.7 Å². The number of pyridine rings is 1. The number of carboxylic acid groups (broad SMARTS) is 1. The third kappa shape index (κ3) is 3.10. The fourth-order valence-corrected chi connectivity index (χ4v) is 2.57. The van der Waals surface area contributed by atoms with Gasteiger partial charge in [0.15, 0.2) is 0 Å². The number of aliphatic carboxylic acids is 1. The van der Waals surface area contributed by atoms with Gasteiger partial charge in [0, 0.05) is 12.1 Å². The first-order valence-electron chi connectivity index (χ1n) is 6.48. The monoisotopic (exact) mass is 262 g/mol. The highest BCUT2D eigenvalue weighted by molar-refractivity contribution is 5.94. The van der Waals surface area contributed by atoms with Gasteiger partial charge in [-0.05, 0) is 31.9 Å². The molecular weight excluding hydrogens is 244 g/mol. The second kappa shape index (κ2) is 5.38. The minimum atomic E-state index is -0.873. The van der Waals surface area contributed by atoms with Crippen LogP contribution in [0.2, 0.25) is 0 Å². The number of carbonyl (C=O) groups excluding carboxylic acids is 1. The summed E-state index contributed by atoms with van der Waals surface area (Å²) in [5, 5.41) is 12.0. The van der Waals surface area contributed by atoms with Crippen molar-refractivity contribution in [1.29, 1.82) is 0 Å². The number of rotatable bonds is 4. The first-order chi connectivity index (χ1) is 9.02. The highest BCUT2D eigenvalue weighted by Crippen LogP contribution is 2.41. The van der Waals surface area contributed by atoms with Crippen molar-refractivity contribution in [2.45, 2.75) is 39.0 Å². The number of carbonyl (C=O) groups is 2. The SMILES string of the molecule is Cc1ccc(NC(=O)CC2(C(=O)O)CCCC2)cn1. The van der Waals surface area contributed by atoms with E-state index in [1.54, 1.807) is 18.3 Å². The van der Waals surface area contributed by atoms with E-state index < -0.39 is 11.4 Å². The van der Waals surface area contributed by atoms with E-state index in [1.807, 2.05) is 6.92 Å². The van der Waals surface area contributed by atoms with Crippen LogP contribution in [0.1, 0.15) is 37.8 Å². The average molecular weight is 262 g/mol. The zero-order valence-corrected chi connectivity index (χ0v) is 11.0. The molecule has 102 valence electrons. The average Bonchev–Trinajstić information content (AvgIpc) is 2.82. The quantitative estimate of drug-likeness (QED) is 0.873. The molecule has 0 aliphatic heterocycles. The number of nitrogens with zero attached hydrogens (tertiary/aromatic N) is 1. The van der Waals surface area contributed by atoms with E-state index in [0.717, 1.165) is 18.5 Å². The Labute approximate surface area is 112 Å². The normalized spacial score (nSPS) is 17.1. The van der Waals surface area contributed by atoms with Gasteiger partial charge in [-0.2, -0.15) is 0 Å². The minimum Gasteiger partial charge on any atom is -0.481 e. The summed E-state index contributed by atoms with van der Waals surface area (Å²) >= 11 is 0. The van der Waals surface area contributed by atoms with Crippen LogP contribution in [-0.2, 0) is 9.59 Å². The molecule has 0 unspecified atom stereocenters. The van der Waals surface area contributed by atoms with E-state index in [0.29, 0.717) is 18.5 Å². The minimum absolute atomic E-state index is 0.0379. The highest BCUT2D eigenvalue weighted by atomic mass is 16.4. The molecule has 5 heteroatoms. The molecule has 0 bridgehead atoms. The lowest BCUT2D eigenvalue weighted by Gasteiger charge is -2.22. The van der Waals surface area contributed by atoms with E-state index in [-0.39, 0.29) is 12.3 Å². The van der Waals surface area contributed by atoms with Crippen molar-refractivity contribution in [3.05, 3.63) is 24.0 Å². The van der Waals surface area contributed by atoms with E-state index >= 15 is 0 Å². The largest absolute Gasteiger partial charge is 0.481 e. The summed E-state index contributed by atoms with van der Waals surface area (Å²) in [6.45, 7) is 1.86. The van der Waals surface area contributed by atoms with Gasteiger partial charge >= 0.3 is 5.97 Å². The van der Waals surface area contributed by atoms with Crippen LogP contribution in [0.3, 0.4) is 0 Å². The van der Waals surface area contributed by atoms with E-state index in [1.165, 1.54) is 0 Å². The van der Waals surface area contributed by atoms with E-state index in [4.69, 9.17) is 0 Å². The molecule has 0 aromatic carbocycles. The summed E-state index contributed by atoms with van der Waals surface area (Å²) in [5.41, 5.74) is 0.604. The van der Waals surface area contributed by atoms with E-state index in [2.05, 4.69) is 10.3 Å². The van der Waals surface area contributed by atoms with Crippen molar-refractivity contribution in [1.82, 2.24) is 4.98 Å². The summed E-state index contributed by atoms with van der Waals surface area (Å²) in [5.74, 6) is -1.11. The Balaban J connectivity index is 2.00. The Morgan fingerprint density at radius 3 is 2.58 bits per heavy atom. The van der Waals surface area contributed by atoms with Gasteiger partial charge in [-0.25, -0.2) is 0 Å².